The number of hydrogen-bond acceptors (Lipinski definition) is 2. The SMILES string of the molecule is CN(C(=O)c1cccc(Br)c1F)C1CCC(=O)CC1. The lowest BCUT2D eigenvalue weighted by Gasteiger charge is -2.30. The summed E-state index contributed by atoms with van der Waals surface area (Å²) in [6, 6.07) is 4.69. The van der Waals surface area contributed by atoms with Gasteiger partial charge in [-0.1, -0.05) is 6.07 Å². The zero-order valence-corrected chi connectivity index (χ0v) is 12.2. The number of benzene rings is 1. The fourth-order valence-corrected chi connectivity index (χ4v) is 2.70. The molecule has 0 atom stereocenters. The summed E-state index contributed by atoms with van der Waals surface area (Å²) in [5.74, 6) is -0.630. The molecule has 1 amide bonds. The Labute approximate surface area is 119 Å². The molecule has 102 valence electrons. The topological polar surface area (TPSA) is 37.4 Å². The standard InChI is InChI=1S/C14H15BrFNO2/c1-17(9-5-7-10(18)8-6-9)14(19)11-3-2-4-12(15)13(11)16/h2-4,9H,5-8H2,1H3. The van der Waals surface area contributed by atoms with Gasteiger partial charge in [-0.25, -0.2) is 4.39 Å². The lowest BCUT2D eigenvalue weighted by Crippen LogP contribution is -2.39. The van der Waals surface area contributed by atoms with E-state index < -0.39 is 5.82 Å². The van der Waals surface area contributed by atoms with Crippen molar-refractivity contribution in [1.82, 2.24) is 4.90 Å². The molecule has 0 bridgehead atoms. The van der Waals surface area contributed by atoms with Gasteiger partial charge in [-0.05, 0) is 40.9 Å². The van der Waals surface area contributed by atoms with Crippen LogP contribution in [0.3, 0.4) is 0 Å². The van der Waals surface area contributed by atoms with Crippen molar-refractivity contribution in [2.45, 2.75) is 31.7 Å². The number of ketones is 1. The molecule has 0 heterocycles. The van der Waals surface area contributed by atoms with Gasteiger partial charge in [-0.2, -0.15) is 0 Å². The minimum Gasteiger partial charge on any atom is -0.339 e. The molecule has 1 aromatic rings. The zero-order valence-electron chi connectivity index (χ0n) is 10.7. The molecule has 0 N–H and O–H groups in total. The van der Waals surface area contributed by atoms with Crippen molar-refractivity contribution < 1.29 is 14.0 Å². The second kappa shape index (κ2) is 5.82. The van der Waals surface area contributed by atoms with Crippen LogP contribution in [0.25, 0.3) is 0 Å². The first kappa shape index (κ1) is 14.2. The van der Waals surface area contributed by atoms with E-state index in [1.807, 2.05) is 0 Å². The third-order valence-corrected chi connectivity index (χ3v) is 4.18. The van der Waals surface area contributed by atoms with Crippen molar-refractivity contribution in [1.29, 1.82) is 0 Å². The molecule has 0 aliphatic heterocycles. The summed E-state index contributed by atoms with van der Waals surface area (Å²) in [5, 5.41) is 0. The molecule has 0 radical (unpaired) electrons. The molecule has 1 aromatic carbocycles. The van der Waals surface area contributed by atoms with E-state index in [9.17, 15) is 14.0 Å². The summed E-state index contributed by atoms with van der Waals surface area (Å²) in [6.45, 7) is 0. The molecule has 0 unspecified atom stereocenters. The highest BCUT2D eigenvalue weighted by Gasteiger charge is 2.27. The van der Waals surface area contributed by atoms with Gasteiger partial charge in [0, 0.05) is 25.9 Å². The third kappa shape index (κ3) is 3.03. The summed E-state index contributed by atoms with van der Waals surface area (Å²) in [6.07, 6.45) is 2.33. The molecule has 19 heavy (non-hydrogen) atoms. The van der Waals surface area contributed by atoms with Crippen LogP contribution in [-0.2, 0) is 4.79 Å². The molecule has 5 heteroatoms. The van der Waals surface area contributed by atoms with Gasteiger partial charge in [0.2, 0.25) is 0 Å². The predicted molar refractivity (Wildman–Crippen MR) is 73.5 cm³/mol. The largest absolute Gasteiger partial charge is 0.339 e. The summed E-state index contributed by atoms with van der Waals surface area (Å²) in [5.41, 5.74) is 0.0637. The van der Waals surface area contributed by atoms with Crippen molar-refractivity contribution >= 4 is 27.6 Å². The van der Waals surface area contributed by atoms with Crippen molar-refractivity contribution in [3.05, 3.63) is 34.1 Å². The molecule has 1 saturated carbocycles. The fraction of sp³-hybridized carbons (Fsp3) is 0.429. The molecule has 1 aliphatic carbocycles. The van der Waals surface area contributed by atoms with E-state index in [-0.39, 0.29) is 27.8 Å². The van der Waals surface area contributed by atoms with Gasteiger partial charge in [0.05, 0.1) is 10.0 Å². The Hall–Kier alpha value is -1.23. The number of halogens is 2. The van der Waals surface area contributed by atoms with E-state index in [1.165, 1.54) is 6.07 Å². The summed E-state index contributed by atoms with van der Waals surface area (Å²) < 4.78 is 14.2. The smallest absolute Gasteiger partial charge is 0.256 e. The Bertz CT molecular complexity index is 508. The van der Waals surface area contributed by atoms with Gasteiger partial charge in [-0.15, -0.1) is 0 Å². The number of carbonyl (C=O) groups is 2. The first-order valence-electron chi connectivity index (χ1n) is 6.23. The van der Waals surface area contributed by atoms with Gasteiger partial charge in [-0.3, -0.25) is 9.59 Å². The van der Waals surface area contributed by atoms with Crippen molar-refractivity contribution in [2.24, 2.45) is 0 Å². The van der Waals surface area contributed by atoms with Gasteiger partial charge in [0.15, 0.2) is 0 Å². The quantitative estimate of drug-likeness (QED) is 0.836. The van der Waals surface area contributed by atoms with Crippen molar-refractivity contribution in [3.63, 3.8) is 0 Å². The first-order valence-corrected chi connectivity index (χ1v) is 7.03. The highest BCUT2D eigenvalue weighted by Crippen LogP contribution is 2.24. The van der Waals surface area contributed by atoms with Crippen LogP contribution in [0.5, 0.6) is 0 Å². The Morgan fingerprint density at radius 1 is 1.37 bits per heavy atom. The molecular weight excluding hydrogens is 313 g/mol. The maximum atomic E-state index is 13.9. The van der Waals surface area contributed by atoms with Crippen LogP contribution in [0.1, 0.15) is 36.0 Å². The third-order valence-electron chi connectivity index (χ3n) is 3.56. The van der Waals surface area contributed by atoms with Crippen LogP contribution < -0.4 is 0 Å². The molecule has 0 spiro atoms. The Morgan fingerprint density at radius 3 is 2.63 bits per heavy atom. The molecule has 1 aliphatic rings. The maximum absolute atomic E-state index is 13.9. The molecule has 2 rings (SSSR count). The normalized spacial score (nSPS) is 16.5. The lowest BCUT2D eigenvalue weighted by atomic mass is 9.93. The van der Waals surface area contributed by atoms with Gasteiger partial charge < -0.3 is 4.90 Å². The van der Waals surface area contributed by atoms with E-state index in [2.05, 4.69) is 15.9 Å². The van der Waals surface area contributed by atoms with Crippen molar-refractivity contribution in [3.8, 4) is 0 Å². The second-order valence-corrected chi connectivity index (χ2v) is 5.64. The first-order chi connectivity index (χ1) is 9.00. The van der Waals surface area contributed by atoms with E-state index in [4.69, 9.17) is 0 Å². The molecule has 0 aromatic heterocycles. The van der Waals surface area contributed by atoms with Gasteiger partial charge in [0.1, 0.15) is 11.6 Å². The van der Waals surface area contributed by atoms with Crippen LogP contribution >= 0.6 is 15.9 Å². The molecule has 0 saturated heterocycles. The van der Waals surface area contributed by atoms with Crippen LogP contribution in [0.2, 0.25) is 0 Å². The Balaban J connectivity index is 2.15. The Kier molecular flexibility index (Phi) is 4.34. The highest BCUT2D eigenvalue weighted by molar-refractivity contribution is 9.10. The van der Waals surface area contributed by atoms with Crippen LogP contribution in [0.15, 0.2) is 22.7 Å². The van der Waals surface area contributed by atoms with Gasteiger partial charge >= 0.3 is 0 Å². The molecule has 3 nitrogen and oxygen atoms in total. The number of amides is 1. The number of hydrogen-bond donors (Lipinski definition) is 0. The second-order valence-electron chi connectivity index (χ2n) is 4.79. The zero-order chi connectivity index (χ0) is 14.0. The average molecular weight is 328 g/mol. The van der Waals surface area contributed by atoms with E-state index >= 15 is 0 Å². The Morgan fingerprint density at radius 2 is 2.00 bits per heavy atom. The summed E-state index contributed by atoms with van der Waals surface area (Å²) in [7, 11) is 1.67. The highest BCUT2D eigenvalue weighted by atomic mass is 79.9. The van der Waals surface area contributed by atoms with Gasteiger partial charge in [0.25, 0.3) is 5.91 Å². The summed E-state index contributed by atoms with van der Waals surface area (Å²) in [4.78, 5) is 25.0. The van der Waals surface area contributed by atoms with Crippen LogP contribution in [0, 0.1) is 5.82 Å². The van der Waals surface area contributed by atoms with Crippen molar-refractivity contribution in [2.75, 3.05) is 7.05 Å². The van der Waals surface area contributed by atoms with E-state index in [0.29, 0.717) is 25.7 Å². The van der Waals surface area contributed by atoms with E-state index in [1.54, 1.807) is 24.1 Å². The number of nitrogens with zero attached hydrogens (tertiary/aromatic N) is 1. The van der Waals surface area contributed by atoms with Crippen LogP contribution in [-0.4, -0.2) is 29.7 Å². The molecule has 1 fully saturated rings. The number of Topliss-reactive ketones (excluding diaryl/α,β-unsaturated/α-hetero) is 1. The van der Waals surface area contributed by atoms with E-state index in [0.717, 1.165) is 0 Å². The monoisotopic (exact) mass is 327 g/mol. The van der Waals surface area contributed by atoms with Crippen LogP contribution in [0.4, 0.5) is 4.39 Å². The minimum absolute atomic E-state index is 0.0172. The minimum atomic E-state index is -0.536. The number of rotatable bonds is 2. The maximum Gasteiger partial charge on any atom is 0.256 e. The predicted octanol–water partition coefficient (Wildman–Crippen LogP) is 3.17. The molecular formula is C14H15BrFNO2. The fourth-order valence-electron chi connectivity index (χ4n) is 2.34. The average Bonchev–Trinajstić information content (AvgIpc) is 2.41. The lowest BCUT2D eigenvalue weighted by molar-refractivity contribution is -0.121. The number of carbonyl (C=O) groups excluding carboxylic acids is 2. The summed E-state index contributed by atoms with van der Waals surface area (Å²) >= 11 is 3.08.